The highest BCUT2D eigenvalue weighted by molar-refractivity contribution is 5.67. The van der Waals surface area contributed by atoms with Gasteiger partial charge in [0.2, 0.25) is 0 Å². The Morgan fingerprint density at radius 1 is 1.32 bits per heavy atom. The average molecular weight is 312 g/mol. The van der Waals surface area contributed by atoms with Gasteiger partial charge in [0.15, 0.2) is 0 Å². The van der Waals surface area contributed by atoms with Crippen LogP contribution < -0.4 is 16.0 Å². The van der Waals surface area contributed by atoms with Gasteiger partial charge in [-0.3, -0.25) is 0 Å². The lowest BCUT2D eigenvalue weighted by molar-refractivity contribution is -0.212. The first-order chi connectivity index (χ1) is 10.4. The van der Waals surface area contributed by atoms with Crippen LogP contribution in [0.4, 0.5) is 24.7 Å². The van der Waals surface area contributed by atoms with Crippen LogP contribution in [0.3, 0.4) is 0 Å². The van der Waals surface area contributed by atoms with Gasteiger partial charge in [-0.15, -0.1) is 13.2 Å². The fourth-order valence-electron chi connectivity index (χ4n) is 2.33. The van der Waals surface area contributed by atoms with Crippen LogP contribution >= 0.6 is 0 Å². The minimum absolute atomic E-state index is 0.0481. The van der Waals surface area contributed by atoms with Crippen LogP contribution in [0.15, 0.2) is 24.5 Å². The molecule has 0 bridgehead atoms. The topological polar surface area (TPSA) is 72.0 Å². The lowest BCUT2D eigenvalue weighted by Gasteiger charge is -2.41. The van der Waals surface area contributed by atoms with Crippen LogP contribution in [0.1, 0.15) is 0 Å². The number of nitrogens with one attached hydrogen (secondary N) is 1. The molecule has 22 heavy (non-hydrogen) atoms. The zero-order chi connectivity index (χ0) is 15.9. The monoisotopic (exact) mass is 312 g/mol. The van der Waals surface area contributed by atoms with Gasteiger partial charge in [-0.05, 0) is 13.1 Å². The molecular formula is C13H15F3N6. The number of halogens is 3. The van der Waals surface area contributed by atoms with Gasteiger partial charge >= 0.3 is 6.30 Å². The molecule has 2 aromatic heterocycles. The number of hydrogen-bond donors (Lipinski definition) is 2. The second-order valence-electron chi connectivity index (χ2n) is 5.17. The first kappa shape index (κ1) is 14.6. The second kappa shape index (κ2) is 5.16. The lowest BCUT2D eigenvalue weighted by atomic mass is 10.1. The fraction of sp³-hybridized carbons (Fsp3) is 0.385. The van der Waals surface area contributed by atoms with Crippen LogP contribution in [0, 0.1) is 0 Å². The van der Waals surface area contributed by atoms with Crippen LogP contribution in [-0.2, 0) is 6.30 Å². The van der Waals surface area contributed by atoms with E-state index in [4.69, 9.17) is 5.73 Å². The van der Waals surface area contributed by atoms with E-state index in [1.807, 2.05) is 7.05 Å². The van der Waals surface area contributed by atoms with Crippen molar-refractivity contribution in [3.8, 4) is 11.3 Å². The Bertz CT molecular complexity index is 675. The molecule has 118 valence electrons. The maximum atomic E-state index is 12.6. The van der Waals surface area contributed by atoms with Gasteiger partial charge in [0.25, 0.3) is 0 Å². The molecule has 0 aliphatic carbocycles. The third-order valence-electron chi connectivity index (χ3n) is 3.62. The van der Waals surface area contributed by atoms with Crippen molar-refractivity contribution in [1.82, 2.24) is 20.1 Å². The van der Waals surface area contributed by atoms with E-state index in [-0.39, 0.29) is 16.1 Å². The van der Waals surface area contributed by atoms with Gasteiger partial charge in [0.1, 0.15) is 5.82 Å². The molecule has 6 nitrogen and oxygen atoms in total. The number of likely N-dealkylation sites (N-methyl/N-ethyl adjacent to an activating group) is 1. The molecule has 0 amide bonds. The highest BCUT2D eigenvalue weighted by atomic mass is 19.4. The molecule has 0 aromatic carbocycles. The number of pyridine rings is 1. The molecule has 3 rings (SSSR count). The first-order valence-electron chi connectivity index (χ1n) is 6.69. The Morgan fingerprint density at radius 2 is 2.05 bits per heavy atom. The maximum absolute atomic E-state index is 12.6. The second-order valence-corrected chi connectivity index (χ2v) is 5.17. The Hall–Kier alpha value is -2.29. The number of alkyl halides is 3. The zero-order valence-electron chi connectivity index (χ0n) is 11.8. The molecule has 3 heterocycles. The third kappa shape index (κ3) is 2.71. The number of rotatable bonds is 3. The van der Waals surface area contributed by atoms with Gasteiger partial charge in [-0.1, -0.05) is 0 Å². The van der Waals surface area contributed by atoms with E-state index in [0.717, 1.165) is 31.2 Å². The normalized spacial score (nSPS) is 15.9. The van der Waals surface area contributed by atoms with E-state index in [0.29, 0.717) is 11.7 Å². The Kier molecular flexibility index (Phi) is 3.44. The van der Waals surface area contributed by atoms with E-state index in [9.17, 15) is 13.2 Å². The van der Waals surface area contributed by atoms with Crippen molar-refractivity contribution < 1.29 is 13.2 Å². The van der Waals surface area contributed by atoms with Gasteiger partial charge in [-0.25, -0.2) is 4.98 Å². The van der Waals surface area contributed by atoms with Crippen LogP contribution in [0.5, 0.6) is 0 Å². The molecular weight excluding hydrogens is 297 g/mol. The molecule has 0 atom stereocenters. The van der Waals surface area contributed by atoms with Crippen molar-refractivity contribution in [2.24, 2.45) is 0 Å². The van der Waals surface area contributed by atoms with Gasteiger partial charge < -0.3 is 16.0 Å². The third-order valence-corrected chi connectivity index (χ3v) is 3.62. The molecule has 1 fully saturated rings. The fourth-order valence-corrected chi connectivity index (χ4v) is 2.33. The molecule has 9 heteroatoms. The van der Waals surface area contributed by atoms with E-state index in [1.165, 1.54) is 0 Å². The zero-order valence-corrected chi connectivity index (χ0v) is 11.8. The van der Waals surface area contributed by atoms with E-state index >= 15 is 0 Å². The Morgan fingerprint density at radius 3 is 2.64 bits per heavy atom. The Balaban J connectivity index is 1.88. The summed E-state index contributed by atoms with van der Waals surface area (Å²) in [6.45, 7) is 1.64. The largest absolute Gasteiger partial charge is 0.504 e. The number of nitrogens with two attached hydrogens (primary N) is 1. The van der Waals surface area contributed by atoms with E-state index in [1.54, 1.807) is 12.1 Å². The molecule has 1 aliphatic rings. The molecule has 2 aromatic rings. The predicted octanol–water partition coefficient (Wildman–Crippen LogP) is 1.41. The molecule has 0 unspecified atom stereocenters. The van der Waals surface area contributed by atoms with Crippen molar-refractivity contribution in [3.63, 3.8) is 0 Å². The van der Waals surface area contributed by atoms with Crippen LogP contribution in [-0.4, -0.2) is 40.9 Å². The number of nitrogen functional groups attached to an aromatic ring is 1. The van der Waals surface area contributed by atoms with Gasteiger partial charge in [0, 0.05) is 42.6 Å². The first-order valence-corrected chi connectivity index (χ1v) is 6.69. The van der Waals surface area contributed by atoms with Crippen molar-refractivity contribution in [1.29, 1.82) is 0 Å². The van der Waals surface area contributed by atoms with Crippen LogP contribution in [0.2, 0.25) is 0 Å². The van der Waals surface area contributed by atoms with E-state index < -0.39 is 6.30 Å². The molecule has 0 spiro atoms. The van der Waals surface area contributed by atoms with Crippen molar-refractivity contribution in [3.05, 3.63) is 24.5 Å². The van der Waals surface area contributed by atoms with Gasteiger partial charge in [-0.2, -0.15) is 9.78 Å². The molecule has 0 radical (unpaired) electrons. The molecule has 3 N–H and O–H groups in total. The summed E-state index contributed by atoms with van der Waals surface area (Å²) in [5.74, 6) is 0.264. The van der Waals surface area contributed by atoms with E-state index in [2.05, 4.69) is 20.3 Å². The summed E-state index contributed by atoms with van der Waals surface area (Å²) in [5, 5.41) is 6.47. The van der Waals surface area contributed by atoms with Crippen LogP contribution in [0.25, 0.3) is 11.3 Å². The standard InChI is InChI=1S/C13H15F3N6/c1-18-9-6-21(7-9)10-2-11(20-12(17)3-10)8-4-19-22(5-8)13(14,15)16/h2-5,9,18H,6-7H2,1H3,(H2,17,20). The summed E-state index contributed by atoms with van der Waals surface area (Å²) in [6.07, 6.45) is -2.51. The minimum Gasteiger partial charge on any atom is -0.384 e. The maximum Gasteiger partial charge on any atom is 0.504 e. The number of anilines is 2. The number of aromatic nitrogens is 3. The summed E-state index contributed by atoms with van der Waals surface area (Å²) in [5.41, 5.74) is 7.26. The Labute approximate surface area is 124 Å². The lowest BCUT2D eigenvalue weighted by Crippen LogP contribution is -2.57. The molecule has 1 saturated heterocycles. The SMILES string of the molecule is CNC1CN(c2cc(N)nc(-c3cnn(C(F)(F)F)c3)c2)C1. The highest BCUT2D eigenvalue weighted by Crippen LogP contribution is 2.29. The van der Waals surface area contributed by atoms with Crippen molar-refractivity contribution in [2.75, 3.05) is 30.8 Å². The van der Waals surface area contributed by atoms with Crippen molar-refractivity contribution >= 4 is 11.5 Å². The summed E-state index contributed by atoms with van der Waals surface area (Å²) in [4.78, 5) is 6.17. The van der Waals surface area contributed by atoms with Gasteiger partial charge in [0.05, 0.1) is 11.9 Å². The average Bonchev–Trinajstić information content (AvgIpc) is 2.86. The summed E-state index contributed by atoms with van der Waals surface area (Å²) in [6, 6.07) is 3.84. The quantitative estimate of drug-likeness (QED) is 0.896. The summed E-state index contributed by atoms with van der Waals surface area (Å²) in [7, 11) is 1.89. The number of nitrogens with zero attached hydrogens (tertiary/aromatic N) is 4. The predicted molar refractivity (Wildman–Crippen MR) is 76.2 cm³/mol. The van der Waals surface area contributed by atoms with Crippen molar-refractivity contribution in [2.45, 2.75) is 12.3 Å². The highest BCUT2D eigenvalue weighted by Gasteiger charge is 2.32. The summed E-state index contributed by atoms with van der Waals surface area (Å²) < 4.78 is 37.7. The molecule has 1 aliphatic heterocycles. The molecule has 0 saturated carbocycles. The minimum atomic E-state index is -4.54. The number of hydrogen-bond acceptors (Lipinski definition) is 5. The smallest absolute Gasteiger partial charge is 0.384 e. The summed E-state index contributed by atoms with van der Waals surface area (Å²) >= 11 is 0.